The summed E-state index contributed by atoms with van der Waals surface area (Å²) in [4.78, 5) is 16.8. The minimum atomic E-state index is -4.54. The molecule has 0 amide bonds. The number of alkyl halides is 3. The fourth-order valence-electron chi connectivity index (χ4n) is 4.44. The summed E-state index contributed by atoms with van der Waals surface area (Å²) in [5.41, 5.74) is 0.566. The number of benzene rings is 1. The van der Waals surface area contributed by atoms with E-state index in [1.165, 1.54) is 6.07 Å². The van der Waals surface area contributed by atoms with E-state index in [1.54, 1.807) is 36.8 Å². The van der Waals surface area contributed by atoms with Gasteiger partial charge in [-0.2, -0.15) is 13.2 Å². The molecular weight excluding hydrogens is 477 g/mol. The highest BCUT2D eigenvalue weighted by atomic mass is 35.5. The smallest absolute Gasteiger partial charge is 0.382 e. The number of pyridine rings is 2. The van der Waals surface area contributed by atoms with Gasteiger partial charge in [0.25, 0.3) is 0 Å². The van der Waals surface area contributed by atoms with Crippen LogP contribution in [-0.4, -0.2) is 32.0 Å². The molecular formula is C25H22ClF3N6. The molecule has 1 aromatic carbocycles. The zero-order valence-corrected chi connectivity index (χ0v) is 19.3. The lowest BCUT2D eigenvalue weighted by atomic mass is 9.90. The molecule has 3 heterocycles. The molecule has 35 heavy (non-hydrogen) atoms. The molecule has 2 atom stereocenters. The molecule has 0 bridgehead atoms. The number of nitrogens with zero attached hydrogens (tertiary/aromatic N) is 4. The number of fused-ring (bicyclic) bond motifs is 1. The van der Waals surface area contributed by atoms with E-state index in [0.29, 0.717) is 27.7 Å². The van der Waals surface area contributed by atoms with Crippen LogP contribution in [0.1, 0.15) is 31.4 Å². The van der Waals surface area contributed by atoms with Crippen LogP contribution < -0.4 is 10.6 Å². The number of anilines is 2. The molecule has 5 rings (SSSR count). The highest BCUT2D eigenvalue weighted by Gasteiger charge is 2.34. The van der Waals surface area contributed by atoms with Gasteiger partial charge in [0.05, 0.1) is 5.52 Å². The van der Waals surface area contributed by atoms with Crippen LogP contribution in [0, 0.1) is 0 Å². The molecule has 180 valence electrons. The molecule has 0 aliphatic heterocycles. The van der Waals surface area contributed by atoms with Crippen molar-refractivity contribution in [1.82, 2.24) is 19.9 Å². The third kappa shape index (κ3) is 5.45. The molecule has 0 saturated heterocycles. The highest BCUT2D eigenvalue weighted by molar-refractivity contribution is 6.31. The molecule has 1 fully saturated rings. The van der Waals surface area contributed by atoms with E-state index in [9.17, 15) is 13.2 Å². The van der Waals surface area contributed by atoms with Gasteiger partial charge in [0, 0.05) is 52.3 Å². The quantitative estimate of drug-likeness (QED) is 0.323. The molecule has 1 aliphatic carbocycles. The van der Waals surface area contributed by atoms with Crippen LogP contribution >= 0.6 is 11.6 Å². The number of rotatable bonds is 5. The SMILES string of the molecule is FC(F)(F)c1cc(N[C@H]2CCC[C@@H](Nc3cc(-c4ncccn4)ccn3)C2)c2cc(Cl)ccc2n1. The van der Waals surface area contributed by atoms with E-state index in [2.05, 4.69) is 30.6 Å². The van der Waals surface area contributed by atoms with Crippen molar-refractivity contribution in [2.24, 2.45) is 0 Å². The highest BCUT2D eigenvalue weighted by Crippen LogP contribution is 2.35. The largest absolute Gasteiger partial charge is 0.433 e. The summed E-state index contributed by atoms with van der Waals surface area (Å²) in [6.45, 7) is 0. The zero-order valence-electron chi connectivity index (χ0n) is 18.6. The lowest BCUT2D eigenvalue weighted by Crippen LogP contribution is -2.34. The molecule has 2 N–H and O–H groups in total. The van der Waals surface area contributed by atoms with Crippen LogP contribution in [0.15, 0.2) is 61.1 Å². The minimum Gasteiger partial charge on any atom is -0.382 e. The Hall–Kier alpha value is -3.46. The molecule has 10 heteroatoms. The van der Waals surface area contributed by atoms with E-state index in [0.717, 1.165) is 37.3 Å². The van der Waals surface area contributed by atoms with Gasteiger partial charge in [0.2, 0.25) is 0 Å². The van der Waals surface area contributed by atoms with Crippen LogP contribution in [0.5, 0.6) is 0 Å². The van der Waals surface area contributed by atoms with Crippen molar-refractivity contribution >= 4 is 34.0 Å². The predicted molar refractivity (Wildman–Crippen MR) is 130 cm³/mol. The Bertz CT molecular complexity index is 1330. The van der Waals surface area contributed by atoms with E-state index in [1.807, 2.05) is 12.1 Å². The monoisotopic (exact) mass is 498 g/mol. The van der Waals surface area contributed by atoms with Crippen LogP contribution in [0.2, 0.25) is 5.02 Å². The van der Waals surface area contributed by atoms with Gasteiger partial charge in [-0.3, -0.25) is 0 Å². The Morgan fingerprint density at radius 2 is 1.66 bits per heavy atom. The van der Waals surface area contributed by atoms with E-state index in [-0.39, 0.29) is 17.6 Å². The number of nitrogens with one attached hydrogen (secondary N) is 2. The Morgan fingerprint density at radius 3 is 2.43 bits per heavy atom. The third-order valence-corrected chi connectivity index (χ3v) is 6.27. The van der Waals surface area contributed by atoms with Crippen molar-refractivity contribution in [2.45, 2.75) is 43.9 Å². The Labute approximate surface area is 205 Å². The summed E-state index contributed by atoms with van der Waals surface area (Å²) in [6, 6.07) is 11.4. The van der Waals surface area contributed by atoms with Gasteiger partial charge in [-0.05, 0) is 68.1 Å². The zero-order chi connectivity index (χ0) is 24.4. The first kappa shape index (κ1) is 23.3. The van der Waals surface area contributed by atoms with Gasteiger partial charge in [-0.25, -0.2) is 19.9 Å². The maximum Gasteiger partial charge on any atom is 0.433 e. The van der Waals surface area contributed by atoms with Crippen LogP contribution in [0.4, 0.5) is 24.7 Å². The van der Waals surface area contributed by atoms with E-state index >= 15 is 0 Å². The summed E-state index contributed by atoms with van der Waals surface area (Å²) in [5, 5.41) is 7.82. The first-order valence-corrected chi connectivity index (χ1v) is 11.7. The van der Waals surface area contributed by atoms with Gasteiger partial charge in [0.15, 0.2) is 5.82 Å². The summed E-state index contributed by atoms with van der Waals surface area (Å²) in [6.07, 6.45) is 3.96. The second-order valence-corrected chi connectivity index (χ2v) is 9.00. The first-order chi connectivity index (χ1) is 16.8. The number of hydrogen-bond acceptors (Lipinski definition) is 6. The van der Waals surface area contributed by atoms with Crippen molar-refractivity contribution < 1.29 is 13.2 Å². The molecule has 0 radical (unpaired) electrons. The van der Waals surface area contributed by atoms with Crippen LogP contribution in [0.25, 0.3) is 22.3 Å². The van der Waals surface area contributed by atoms with Crippen LogP contribution in [-0.2, 0) is 6.18 Å². The molecule has 0 unspecified atom stereocenters. The fourth-order valence-corrected chi connectivity index (χ4v) is 4.61. The maximum absolute atomic E-state index is 13.5. The van der Waals surface area contributed by atoms with Gasteiger partial charge in [-0.15, -0.1) is 0 Å². The van der Waals surface area contributed by atoms with Crippen molar-refractivity contribution in [3.63, 3.8) is 0 Å². The topological polar surface area (TPSA) is 75.6 Å². The number of aromatic nitrogens is 4. The lowest BCUT2D eigenvalue weighted by Gasteiger charge is -2.31. The third-order valence-electron chi connectivity index (χ3n) is 6.03. The molecule has 1 aliphatic rings. The minimum absolute atomic E-state index is 0.0208. The summed E-state index contributed by atoms with van der Waals surface area (Å²) in [5.74, 6) is 1.32. The van der Waals surface area contributed by atoms with Crippen molar-refractivity contribution in [1.29, 1.82) is 0 Å². The van der Waals surface area contributed by atoms with Gasteiger partial charge in [0.1, 0.15) is 11.5 Å². The average molecular weight is 499 g/mol. The molecule has 0 spiro atoms. The molecule has 1 saturated carbocycles. The fraction of sp³-hybridized carbons (Fsp3) is 0.280. The molecule has 4 aromatic rings. The Kier molecular flexibility index (Phi) is 6.42. The lowest BCUT2D eigenvalue weighted by molar-refractivity contribution is -0.140. The molecule has 3 aromatic heterocycles. The summed E-state index contributed by atoms with van der Waals surface area (Å²) >= 11 is 6.13. The first-order valence-electron chi connectivity index (χ1n) is 11.3. The van der Waals surface area contributed by atoms with Crippen molar-refractivity contribution in [3.8, 4) is 11.4 Å². The normalized spacial score (nSPS) is 18.4. The Balaban J connectivity index is 1.34. The summed E-state index contributed by atoms with van der Waals surface area (Å²) < 4.78 is 40.4. The average Bonchev–Trinajstić information content (AvgIpc) is 2.84. The van der Waals surface area contributed by atoms with Gasteiger partial charge in [-0.1, -0.05) is 11.6 Å². The Morgan fingerprint density at radius 1 is 0.886 bits per heavy atom. The maximum atomic E-state index is 13.5. The second kappa shape index (κ2) is 9.65. The second-order valence-electron chi connectivity index (χ2n) is 8.57. The predicted octanol–water partition coefficient (Wildman–Crippen LogP) is 6.59. The standard InChI is InChI=1S/C25H22ClF3N6/c26-16-5-6-20-19(12-16)21(14-22(35-20)25(27,28)29)33-17-3-1-4-18(13-17)34-23-11-15(7-10-30-23)24-31-8-2-9-32-24/h2,5-12,14,17-18H,1,3-4,13H2,(H,30,34)(H,33,35)/t17-,18+/m0/s1. The van der Waals surface area contributed by atoms with Gasteiger partial charge < -0.3 is 10.6 Å². The molecule has 6 nitrogen and oxygen atoms in total. The van der Waals surface area contributed by atoms with Crippen molar-refractivity contribution in [2.75, 3.05) is 10.6 Å². The van der Waals surface area contributed by atoms with Crippen LogP contribution in [0.3, 0.4) is 0 Å². The van der Waals surface area contributed by atoms with E-state index < -0.39 is 11.9 Å². The number of halogens is 4. The number of hydrogen-bond donors (Lipinski definition) is 2. The van der Waals surface area contributed by atoms with Crippen molar-refractivity contribution in [3.05, 3.63) is 71.8 Å². The van der Waals surface area contributed by atoms with E-state index in [4.69, 9.17) is 11.6 Å². The summed E-state index contributed by atoms with van der Waals surface area (Å²) in [7, 11) is 0. The van der Waals surface area contributed by atoms with Gasteiger partial charge >= 0.3 is 6.18 Å².